The van der Waals surface area contributed by atoms with E-state index in [1.807, 2.05) is 6.92 Å². The average molecular weight is 261 g/mol. The third-order valence-corrected chi connectivity index (χ3v) is 2.69. The second-order valence-electron chi connectivity index (χ2n) is 4.08. The molecule has 0 bridgehead atoms. The van der Waals surface area contributed by atoms with Gasteiger partial charge in [-0.3, -0.25) is 10.1 Å². The maximum atomic E-state index is 12.8. The van der Waals surface area contributed by atoms with Gasteiger partial charge < -0.3 is 5.32 Å². The highest BCUT2D eigenvalue weighted by atomic mass is 19.1. The Morgan fingerprint density at radius 1 is 1.26 bits per heavy atom. The molecule has 2 aromatic rings. The summed E-state index contributed by atoms with van der Waals surface area (Å²) in [5.41, 5.74) is 0.849. The van der Waals surface area contributed by atoms with Crippen molar-refractivity contribution in [2.24, 2.45) is 0 Å². The first-order valence-corrected chi connectivity index (χ1v) is 5.68. The molecule has 1 heterocycles. The lowest BCUT2D eigenvalue weighted by Gasteiger charge is -2.14. The lowest BCUT2D eigenvalue weighted by atomic mass is 10.1. The number of pyridine rings is 1. The minimum absolute atomic E-state index is 0.0556. The van der Waals surface area contributed by atoms with Crippen molar-refractivity contribution in [1.29, 1.82) is 0 Å². The summed E-state index contributed by atoms with van der Waals surface area (Å²) in [6.07, 6.45) is 1.19. The van der Waals surface area contributed by atoms with Crippen molar-refractivity contribution in [2.45, 2.75) is 13.0 Å². The highest BCUT2D eigenvalue weighted by Crippen LogP contribution is 2.19. The summed E-state index contributed by atoms with van der Waals surface area (Å²) < 4.78 is 12.8. The van der Waals surface area contributed by atoms with Gasteiger partial charge in [0.2, 0.25) is 0 Å². The quantitative estimate of drug-likeness (QED) is 0.677. The van der Waals surface area contributed by atoms with Crippen LogP contribution < -0.4 is 5.32 Å². The normalized spacial score (nSPS) is 11.9. The van der Waals surface area contributed by atoms with Gasteiger partial charge in [0.25, 0.3) is 5.69 Å². The number of anilines is 1. The van der Waals surface area contributed by atoms with E-state index in [4.69, 9.17) is 0 Å². The molecule has 98 valence electrons. The minimum atomic E-state index is -0.500. The van der Waals surface area contributed by atoms with Crippen LogP contribution in [0.25, 0.3) is 0 Å². The molecule has 1 aromatic heterocycles. The van der Waals surface area contributed by atoms with Crippen molar-refractivity contribution in [1.82, 2.24) is 4.98 Å². The van der Waals surface area contributed by atoms with Crippen molar-refractivity contribution in [2.75, 3.05) is 5.32 Å². The van der Waals surface area contributed by atoms with E-state index < -0.39 is 4.92 Å². The first-order valence-electron chi connectivity index (χ1n) is 5.68. The second-order valence-corrected chi connectivity index (χ2v) is 4.08. The maximum Gasteiger partial charge on any atom is 0.287 e. The van der Waals surface area contributed by atoms with Gasteiger partial charge in [0.1, 0.15) is 17.8 Å². The average Bonchev–Trinajstić information content (AvgIpc) is 2.40. The summed E-state index contributed by atoms with van der Waals surface area (Å²) in [6, 6.07) is 8.98. The molecule has 0 radical (unpaired) electrons. The predicted octanol–water partition coefficient (Wildman–Crippen LogP) is 3.30. The monoisotopic (exact) mass is 261 g/mol. The van der Waals surface area contributed by atoms with Crippen LogP contribution in [-0.2, 0) is 0 Å². The van der Waals surface area contributed by atoms with Crippen LogP contribution in [0.5, 0.6) is 0 Å². The Morgan fingerprint density at radius 3 is 2.47 bits per heavy atom. The molecule has 1 aromatic carbocycles. The summed E-state index contributed by atoms with van der Waals surface area (Å²) in [5.74, 6) is 0.242. The topological polar surface area (TPSA) is 68.1 Å². The fourth-order valence-electron chi connectivity index (χ4n) is 1.64. The summed E-state index contributed by atoms with van der Waals surface area (Å²) in [4.78, 5) is 14.0. The molecule has 0 amide bonds. The molecule has 6 heteroatoms. The largest absolute Gasteiger partial charge is 0.364 e. The molecule has 0 fully saturated rings. The molecule has 0 spiro atoms. The van der Waals surface area contributed by atoms with Crippen LogP contribution in [0.2, 0.25) is 0 Å². The van der Waals surface area contributed by atoms with E-state index in [2.05, 4.69) is 10.3 Å². The number of halogens is 1. The smallest absolute Gasteiger partial charge is 0.287 e. The van der Waals surface area contributed by atoms with Gasteiger partial charge in [0.15, 0.2) is 0 Å². The van der Waals surface area contributed by atoms with Gasteiger partial charge in [-0.2, -0.15) is 0 Å². The molecular weight excluding hydrogens is 249 g/mol. The van der Waals surface area contributed by atoms with Gasteiger partial charge in [0.05, 0.1) is 4.92 Å². The number of hydrogen-bond acceptors (Lipinski definition) is 4. The number of nitrogens with zero attached hydrogens (tertiary/aromatic N) is 2. The first-order chi connectivity index (χ1) is 9.06. The third-order valence-electron chi connectivity index (χ3n) is 2.69. The molecular formula is C13H12FN3O2. The molecule has 2 rings (SSSR count). The zero-order chi connectivity index (χ0) is 13.8. The minimum Gasteiger partial charge on any atom is -0.364 e. The van der Waals surface area contributed by atoms with Crippen LogP contribution in [0, 0.1) is 15.9 Å². The number of nitrogens with one attached hydrogen (secondary N) is 1. The molecule has 0 aliphatic rings. The zero-order valence-electron chi connectivity index (χ0n) is 10.2. The van der Waals surface area contributed by atoms with E-state index in [1.54, 1.807) is 12.1 Å². The van der Waals surface area contributed by atoms with Gasteiger partial charge in [-0.05, 0) is 30.7 Å². The Bertz CT molecular complexity index is 569. The van der Waals surface area contributed by atoms with Crippen LogP contribution in [0.15, 0.2) is 42.6 Å². The van der Waals surface area contributed by atoms with Crippen LogP contribution in [-0.4, -0.2) is 9.91 Å². The Labute approximate surface area is 109 Å². The van der Waals surface area contributed by atoms with Gasteiger partial charge >= 0.3 is 0 Å². The standard InChI is InChI=1S/C13H12FN3O2/c1-9(10-2-4-11(14)5-3-10)16-13-7-6-12(8-15-13)17(18)19/h2-9H,1H3,(H,15,16). The Hall–Kier alpha value is -2.50. The number of aromatic nitrogens is 1. The first kappa shape index (κ1) is 12.9. The zero-order valence-corrected chi connectivity index (χ0v) is 10.2. The number of rotatable bonds is 4. The Kier molecular flexibility index (Phi) is 3.70. The van der Waals surface area contributed by atoms with E-state index in [0.29, 0.717) is 5.82 Å². The summed E-state index contributed by atoms with van der Waals surface area (Å²) >= 11 is 0. The van der Waals surface area contributed by atoms with Crippen molar-refractivity contribution in [3.05, 3.63) is 64.1 Å². The van der Waals surface area contributed by atoms with Gasteiger partial charge in [-0.15, -0.1) is 0 Å². The van der Waals surface area contributed by atoms with E-state index in [0.717, 1.165) is 5.56 Å². The lowest BCUT2D eigenvalue weighted by Crippen LogP contribution is -2.07. The third kappa shape index (κ3) is 3.25. The molecule has 0 aliphatic heterocycles. The summed E-state index contributed by atoms with van der Waals surface area (Å²) in [5, 5.41) is 13.6. The van der Waals surface area contributed by atoms with Crippen LogP contribution in [0.4, 0.5) is 15.9 Å². The van der Waals surface area contributed by atoms with Gasteiger partial charge in [-0.1, -0.05) is 12.1 Å². The lowest BCUT2D eigenvalue weighted by molar-refractivity contribution is -0.385. The van der Waals surface area contributed by atoms with Crippen molar-refractivity contribution < 1.29 is 9.31 Å². The molecule has 0 saturated carbocycles. The van der Waals surface area contributed by atoms with Crippen molar-refractivity contribution in [3.63, 3.8) is 0 Å². The summed E-state index contributed by atoms with van der Waals surface area (Å²) in [7, 11) is 0. The SMILES string of the molecule is CC(Nc1ccc([N+](=O)[O-])cn1)c1ccc(F)cc1. The molecule has 5 nitrogen and oxygen atoms in total. The highest BCUT2D eigenvalue weighted by molar-refractivity contribution is 5.42. The fraction of sp³-hybridized carbons (Fsp3) is 0.154. The van der Waals surface area contributed by atoms with E-state index in [1.165, 1.54) is 30.5 Å². The van der Waals surface area contributed by atoms with Crippen LogP contribution >= 0.6 is 0 Å². The Morgan fingerprint density at radius 2 is 1.95 bits per heavy atom. The van der Waals surface area contributed by atoms with Gasteiger partial charge in [-0.25, -0.2) is 9.37 Å². The van der Waals surface area contributed by atoms with Crippen LogP contribution in [0.3, 0.4) is 0 Å². The van der Waals surface area contributed by atoms with E-state index in [9.17, 15) is 14.5 Å². The molecule has 19 heavy (non-hydrogen) atoms. The van der Waals surface area contributed by atoms with Crippen molar-refractivity contribution >= 4 is 11.5 Å². The molecule has 0 aliphatic carbocycles. The van der Waals surface area contributed by atoms with E-state index >= 15 is 0 Å². The number of benzene rings is 1. The maximum absolute atomic E-state index is 12.8. The molecule has 0 saturated heterocycles. The molecule has 1 unspecified atom stereocenters. The van der Waals surface area contributed by atoms with Gasteiger partial charge in [0, 0.05) is 12.1 Å². The second kappa shape index (κ2) is 5.43. The predicted molar refractivity (Wildman–Crippen MR) is 69.3 cm³/mol. The summed E-state index contributed by atoms with van der Waals surface area (Å²) in [6.45, 7) is 1.90. The van der Waals surface area contributed by atoms with E-state index in [-0.39, 0.29) is 17.5 Å². The molecule has 1 N–H and O–H groups in total. The number of hydrogen-bond donors (Lipinski definition) is 1. The van der Waals surface area contributed by atoms with Crippen molar-refractivity contribution in [3.8, 4) is 0 Å². The highest BCUT2D eigenvalue weighted by Gasteiger charge is 2.08. The number of nitro groups is 1. The Balaban J connectivity index is 2.08. The fourth-order valence-corrected chi connectivity index (χ4v) is 1.64. The molecule has 1 atom stereocenters. The van der Waals surface area contributed by atoms with Crippen LogP contribution in [0.1, 0.15) is 18.5 Å².